The first-order chi connectivity index (χ1) is 14.0. The Morgan fingerprint density at radius 2 is 1.59 bits per heavy atom. The van der Waals surface area contributed by atoms with Crippen molar-refractivity contribution in [2.45, 2.75) is 23.8 Å². The molecule has 1 aliphatic rings. The van der Waals surface area contributed by atoms with Crippen molar-refractivity contribution in [2.75, 3.05) is 9.62 Å². The second-order valence-electron chi connectivity index (χ2n) is 6.77. The van der Waals surface area contributed by atoms with Gasteiger partial charge in [-0.2, -0.15) is 0 Å². The van der Waals surface area contributed by atoms with Crippen LogP contribution in [-0.2, 0) is 21.2 Å². The molecule has 1 amide bonds. The van der Waals surface area contributed by atoms with Gasteiger partial charge in [-0.05, 0) is 48.7 Å². The van der Waals surface area contributed by atoms with E-state index < -0.39 is 27.8 Å². The number of rotatable bonds is 4. The fourth-order valence-electron chi connectivity index (χ4n) is 3.53. The number of hydrogen-bond acceptors (Lipinski definition) is 3. The molecule has 7 heteroatoms. The lowest BCUT2D eigenvalue weighted by Crippen LogP contribution is -2.50. The van der Waals surface area contributed by atoms with Crippen molar-refractivity contribution >= 4 is 27.3 Å². The summed E-state index contributed by atoms with van der Waals surface area (Å²) >= 11 is 0. The van der Waals surface area contributed by atoms with E-state index in [-0.39, 0.29) is 10.6 Å². The van der Waals surface area contributed by atoms with Crippen LogP contribution >= 0.6 is 0 Å². The summed E-state index contributed by atoms with van der Waals surface area (Å²) in [5.74, 6) is -1.14. The number of nitrogens with one attached hydrogen (secondary N) is 1. The molecule has 0 fully saturated rings. The maximum absolute atomic E-state index is 14.0. The van der Waals surface area contributed by atoms with E-state index in [4.69, 9.17) is 0 Å². The van der Waals surface area contributed by atoms with Gasteiger partial charge in [-0.15, -0.1) is 0 Å². The highest BCUT2D eigenvalue weighted by atomic mass is 32.2. The topological polar surface area (TPSA) is 66.5 Å². The largest absolute Gasteiger partial charge is 0.322 e. The summed E-state index contributed by atoms with van der Waals surface area (Å²) in [5, 5.41) is 2.54. The number of fused-ring (bicyclic) bond motifs is 1. The van der Waals surface area contributed by atoms with Crippen molar-refractivity contribution in [1.29, 1.82) is 0 Å². The van der Waals surface area contributed by atoms with Crippen LogP contribution in [0.2, 0.25) is 0 Å². The van der Waals surface area contributed by atoms with Gasteiger partial charge >= 0.3 is 0 Å². The molecule has 0 spiro atoms. The predicted octanol–water partition coefficient (Wildman–Crippen LogP) is 3.97. The van der Waals surface area contributed by atoms with Crippen LogP contribution < -0.4 is 9.62 Å². The molecule has 1 aliphatic heterocycles. The summed E-state index contributed by atoms with van der Waals surface area (Å²) in [6.07, 6.45) is 0.843. The number of benzene rings is 3. The Morgan fingerprint density at radius 1 is 0.931 bits per heavy atom. The number of carbonyl (C=O) groups is 1. The Labute approximate surface area is 168 Å². The average Bonchev–Trinajstić information content (AvgIpc) is 2.75. The molecule has 0 saturated heterocycles. The third-order valence-electron chi connectivity index (χ3n) is 4.93. The Bertz CT molecular complexity index is 1150. The van der Waals surface area contributed by atoms with Crippen molar-refractivity contribution in [3.63, 3.8) is 0 Å². The van der Waals surface area contributed by atoms with E-state index in [0.29, 0.717) is 18.5 Å². The van der Waals surface area contributed by atoms with E-state index >= 15 is 0 Å². The number of anilines is 2. The Balaban J connectivity index is 1.77. The van der Waals surface area contributed by atoms with E-state index in [9.17, 15) is 17.6 Å². The molecule has 3 aromatic carbocycles. The third-order valence-corrected chi connectivity index (χ3v) is 6.77. The van der Waals surface area contributed by atoms with Crippen molar-refractivity contribution in [3.05, 3.63) is 90.2 Å². The van der Waals surface area contributed by atoms with Crippen LogP contribution in [0.3, 0.4) is 0 Å². The Morgan fingerprint density at radius 3 is 2.34 bits per heavy atom. The van der Waals surface area contributed by atoms with Crippen LogP contribution in [0.15, 0.2) is 83.8 Å². The fourth-order valence-corrected chi connectivity index (χ4v) is 5.24. The monoisotopic (exact) mass is 410 g/mol. The molecule has 5 nitrogen and oxygen atoms in total. The van der Waals surface area contributed by atoms with E-state index in [1.807, 2.05) is 12.1 Å². The Kier molecular flexibility index (Phi) is 5.07. The normalized spacial score (nSPS) is 16.2. The first kappa shape index (κ1) is 19.1. The number of nitrogens with zero attached hydrogens (tertiary/aromatic N) is 1. The fraction of sp³-hybridized carbons (Fsp3) is 0.136. The zero-order valence-electron chi connectivity index (χ0n) is 15.5. The highest BCUT2D eigenvalue weighted by Crippen LogP contribution is 2.35. The maximum Gasteiger partial charge on any atom is 0.265 e. The van der Waals surface area contributed by atoms with E-state index in [1.165, 1.54) is 30.3 Å². The molecule has 148 valence electrons. The van der Waals surface area contributed by atoms with Gasteiger partial charge in [-0.3, -0.25) is 9.10 Å². The van der Waals surface area contributed by atoms with Gasteiger partial charge in [0.25, 0.3) is 10.0 Å². The van der Waals surface area contributed by atoms with Crippen molar-refractivity contribution in [1.82, 2.24) is 0 Å². The maximum atomic E-state index is 14.0. The summed E-state index contributed by atoms with van der Waals surface area (Å²) in [6, 6.07) is 19.9. The number of para-hydroxylation sites is 2. The molecule has 1 heterocycles. The smallest absolute Gasteiger partial charge is 0.265 e. The number of halogens is 1. The minimum Gasteiger partial charge on any atom is -0.322 e. The molecule has 0 bridgehead atoms. The summed E-state index contributed by atoms with van der Waals surface area (Å²) in [5.41, 5.74) is 1.34. The number of carbonyl (C=O) groups excluding carboxylic acids is 1. The highest BCUT2D eigenvalue weighted by molar-refractivity contribution is 7.93. The molecular formula is C22H19FN2O3S. The standard InChI is InChI=1S/C22H19FN2O3S/c23-18-11-5-6-12-19(18)24-22(26)21-15-14-16-8-4-7-13-20(16)25(21)29(27,28)17-9-2-1-3-10-17/h1-13,21H,14-15H2,(H,24,26). The van der Waals surface area contributed by atoms with Gasteiger partial charge in [0.15, 0.2) is 0 Å². The van der Waals surface area contributed by atoms with Crippen LogP contribution in [0.1, 0.15) is 12.0 Å². The predicted molar refractivity (Wildman–Crippen MR) is 110 cm³/mol. The average molecular weight is 410 g/mol. The van der Waals surface area contributed by atoms with Gasteiger partial charge in [-0.25, -0.2) is 12.8 Å². The van der Waals surface area contributed by atoms with E-state index in [2.05, 4.69) is 5.32 Å². The van der Waals surface area contributed by atoms with Crippen LogP contribution in [0.5, 0.6) is 0 Å². The molecule has 0 aliphatic carbocycles. The number of sulfonamides is 1. The van der Waals surface area contributed by atoms with Gasteiger partial charge < -0.3 is 5.32 Å². The van der Waals surface area contributed by atoms with Gasteiger partial charge in [0.2, 0.25) is 5.91 Å². The molecule has 1 N–H and O–H groups in total. The zero-order valence-corrected chi connectivity index (χ0v) is 16.3. The lowest BCUT2D eigenvalue weighted by molar-refractivity contribution is -0.117. The molecule has 1 atom stereocenters. The second-order valence-corrected chi connectivity index (χ2v) is 8.58. The molecular weight excluding hydrogens is 391 g/mol. The molecule has 0 aromatic heterocycles. The van der Waals surface area contributed by atoms with Crippen LogP contribution in [-0.4, -0.2) is 20.4 Å². The van der Waals surface area contributed by atoms with Gasteiger partial charge in [0.1, 0.15) is 11.9 Å². The number of hydrogen-bond donors (Lipinski definition) is 1. The zero-order chi connectivity index (χ0) is 20.4. The van der Waals surface area contributed by atoms with E-state index in [1.54, 1.807) is 36.4 Å². The van der Waals surface area contributed by atoms with Gasteiger partial charge in [0.05, 0.1) is 16.3 Å². The Hall–Kier alpha value is -3.19. The van der Waals surface area contributed by atoms with Crippen molar-refractivity contribution in [3.8, 4) is 0 Å². The van der Waals surface area contributed by atoms with Crippen molar-refractivity contribution < 1.29 is 17.6 Å². The van der Waals surface area contributed by atoms with Gasteiger partial charge in [0, 0.05) is 0 Å². The number of aryl methyl sites for hydroxylation is 1. The first-order valence-corrected chi connectivity index (χ1v) is 10.7. The first-order valence-electron chi connectivity index (χ1n) is 9.21. The minimum atomic E-state index is -3.99. The molecule has 29 heavy (non-hydrogen) atoms. The second kappa shape index (κ2) is 7.67. The van der Waals surface area contributed by atoms with Crippen molar-refractivity contribution in [2.24, 2.45) is 0 Å². The summed E-state index contributed by atoms with van der Waals surface area (Å²) in [7, 11) is -3.99. The summed E-state index contributed by atoms with van der Waals surface area (Å²) < 4.78 is 42.1. The van der Waals surface area contributed by atoms with E-state index in [0.717, 1.165) is 9.87 Å². The van der Waals surface area contributed by atoms with Crippen LogP contribution in [0, 0.1) is 5.82 Å². The minimum absolute atomic E-state index is 0.0217. The third kappa shape index (κ3) is 3.61. The van der Waals surface area contributed by atoms with Crippen LogP contribution in [0.25, 0.3) is 0 Å². The van der Waals surface area contributed by atoms with Crippen LogP contribution in [0.4, 0.5) is 15.8 Å². The molecule has 0 saturated carbocycles. The molecule has 0 radical (unpaired) electrons. The lowest BCUT2D eigenvalue weighted by atomic mass is 9.97. The lowest BCUT2D eigenvalue weighted by Gasteiger charge is -2.36. The quantitative estimate of drug-likeness (QED) is 0.708. The molecule has 3 aromatic rings. The summed E-state index contributed by atoms with van der Waals surface area (Å²) in [6.45, 7) is 0. The van der Waals surface area contributed by atoms with Gasteiger partial charge in [-0.1, -0.05) is 48.5 Å². The highest BCUT2D eigenvalue weighted by Gasteiger charge is 2.39. The molecule has 4 rings (SSSR count). The summed E-state index contributed by atoms with van der Waals surface area (Å²) in [4.78, 5) is 13.1. The SMILES string of the molecule is O=C(Nc1ccccc1F)C1CCc2ccccc2N1S(=O)(=O)c1ccccc1. The molecule has 1 unspecified atom stereocenters. The number of amides is 1.